The van der Waals surface area contributed by atoms with Crippen molar-refractivity contribution in [1.29, 1.82) is 0 Å². The Morgan fingerprint density at radius 1 is 1.38 bits per heavy atom. The Bertz CT molecular complexity index is 759. The van der Waals surface area contributed by atoms with Gasteiger partial charge in [-0.2, -0.15) is 0 Å². The van der Waals surface area contributed by atoms with Crippen LogP contribution in [0.4, 0.5) is 0 Å². The van der Waals surface area contributed by atoms with E-state index in [-0.39, 0.29) is 17.0 Å². The Kier molecular flexibility index (Phi) is 4.51. The van der Waals surface area contributed by atoms with Crippen LogP contribution in [0.2, 0.25) is 0 Å². The molecule has 2 heterocycles. The number of thioether (sulfide) groups is 1. The van der Waals surface area contributed by atoms with Gasteiger partial charge in [-0.25, -0.2) is 0 Å². The van der Waals surface area contributed by atoms with E-state index in [0.29, 0.717) is 16.4 Å². The fraction of sp³-hybridized carbons (Fsp3) is 0.312. The van der Waals surface area contributed by atoms with Gasteiger partial charge in [0.05, 0.1) is 16.9 Å². The van der Waals surface area contributed by atoms with Gasteiger partial charge in [0, 0.05) is 0 Å². The maximum atomic E-state index is 12.6. The first kappa shape index (κ1) is 16.8. The Labute approximate surface area is 148 Å². The summed E-state index contributed by atoms with van der Waals surface area (Å²) in [7, 11) is 0. The first-order valence-corrected chi connectivity index (χ1v) is 8.48. The maximum Gasteiger partial charge on any atom is 0.266 e. The number of aliphatic carboxylic acids is 1. The van der Waals surface area contributed by atoms with Crippen molar-refractivity contribution in [3.8, 4) is 11.5 Å². The van der Waals surface area contributed by atoms with Crippen molar-refractivity contribution in [2.45, 2.75) is 19.9 Å². The van der Waals surface area contributed by atoms with Gasteiger partial charge >= 0.3 is 0 Å². The average molecular weight is 364 g/mol. The predicted molar refractivity (Wildman–Crippen MR) is 91.2 cm³/mol. The smallest absolute Gasteiger partial charge is 0.266 e. The Morgan fingerprint density at radius 3 is 2.75 bits per heavy atom. The van der Waals surface area contributed by atoms with Crippen molar-refractivity contribution in [1.82, 2.24) is 4.90 Å². The summed E-state index contributed by atoms with van der Waals surface area (Å²) in [5.41, 5.74) is 0.745. The highest BCUT2D eigenvalue weighted by Crippen LogP contribution is 2.37. The highest BCUT2D eigenvalue weighted by molar-refractivity contribution is 8.26. The number of thiocarbonyl (C=S) groups is 1. The molecule has 24 heavy (non-hydrogen) atoms. The molecule has 0 radical (unpaired) electrons. The molecule has 0 bridgehead atoms. The molecule has 0 aliphatic carbocycles. The molecule has 0 aromatic heterocycles. The lowest BCUT2D eigenvalue weighted by Crippen LogP contribution is -2.52. The molecule has 0 saturated carbocycles. The lowest BCUT2D eigenvalue weighted by atomic mass is 10.0. The minimum absolute atomic E-state index is 0.169. The highest BCUT2D eigenvalue weighted by Gasteiger charge is 2.39. The third-order valence-corrected chi connectivity index (χ3v) is 5.00. The summed E-state index contributed by atoms with van der Waals surface area (Å²) >= 11 is 6.28. The predicted octanol–water partition coefficient (Wildman–Crippen LogP) is 1.39. The fourth-order valence-electron chi connectivity index (χ4n) is 2.55. The van der Waals surface area contributed by atoms with E-state index >= 15 is 0 Å². The van der Waals surface area contributed by atoms with Crippen LogP contribution in [-0.2, 0) is 9.59 Å². The number of ether oxygens (including phenoxy) is 2. The number of carbonyl (C=O) groups excluding carboxylic acids is 2. The van der Waals surface area contributed by atoms with Crippen LogP contribution in [0.15, 0.2) is 23.1 Å². The number of carboxylic acids is 1. The van der Waals surface area contributed by atoms with E-state index in [1.54, 1.807) is 38.1 Å². The maximum absolute atomic E-state index is 12.6. The van der Waals surface area contributed by atoms with E-state index in [4.69, 9.17) is 21.7 Å². The highest BCUT2D eigenvalue weighted by atomic mass is 32.2. The van der Waals surface area contributed by atoms with Crippen molar-refractivity contribution in [3.63, 3.8) is 0 Å². The van der Waals surface area contributed by atoms with Crippen LogP contribution in [0.1, 0.15) is 19.4 Å². The Hall–Kier alpha value is -2.06. The number of carboxylic acid groups (broad SMARTS) is 1. The van der Waals surface area contributed by atoms with Crippen LogP contribution in [0.25, 0.3) is 6.08 Å². The molecule has 0 spiro atoms. The van der Waals surface area contributed by atoms with E-state index in [1.807, 2.05) is 0 Å². The lowest BCUT2D eigenvalue weighted by molar-refractivity contribution is -0.311. The molecule has 2 aliphatic heterocycles. The molecule has 0 unspecified atom stereocenters. The molecule has 6 nitrogen and oxygen atoms in total. The number of amides is 1. The number of hydrogen-bond acceptors (Lipinski definition) is 7. The monoisotopic (exact) mass is 364 g/mol. The molecule has 1 amide bonds. The molecule has 2 aliphatic rings. The third-order valence-electron chi connectivity index (χ3n) is 3.67. The first-order valence-electron chi connectivity index (χ1n) is 7.26. The van der Waals surface area contributed by atoms with Crippen LogP contribution in [0.5, 0.6) is 11.5 Å². The fourth-order valence-corrected chi connectivity index (χ4v) is 3.88. The summed E-state index contributed by atoms with van der Waals surface area (Å²) in [6.07, 6.45) is 1.66. The van der Waals surface area contributed by atoms with Crippen molar-refractivity contribution < 1.29 is 24.2 Å². The number of nitrogens with zero attached hydrogens (tertiary/aromatic N) is 1. The second-order valence-corrected chi connectivity index (χ2v) is 7.35. The van der Waals surface area contributed by atoms with Gasteiger partial charge in [0.25, 0.3) is 5.91 Å². The van der Waals surface area contributed by atoms with E-state index in [2.05, 4.69) is 0 Å². The molecule has 3 rings (SSSR count). The Morgan fingerprint density at radius 2 is 2.08 bits per heavy atom. The number of fused-ring (bicyclic) bond motifs is 1. The second-order valence-electron chi connectivity index (χ2n) is 5.67. The van der Waals surface area contributed by atoms with Gasteiger partial charge in [-0.3, -0.25) is 9.69 Å². The van der Waals surface area contributed by atoms with Crippen LogP contribution >= 0.6 is 24.0 Å². The van der Waals surface area contributed by atoms with Crippen molar-refractivity contribution in [2.75, 3.05) is 6.79 Å². The zero-order chi connectivity index (χ0) is 17.4. The standard InChI is InChI=1S/C16H15NO5S2/c1-8(2)13(15(19)20)17-14(18)12(24-16(17)23)6-9-3-4-10-11(5-9)22-7-21-10/h3-6,8,13H,7H2,1-2H3,(H,19,20)/p-1/b12-6-/t13-/m0/s1. The minimum Gasteiger partial charge on any atom is -0.548 e. The average Bonchev–Trinajstić information content (AvgIpc) is 3.06. The van der Waals surface area contributed by atoms with Crippen molar-refractivity contribution >= 4 is 46.3 Å². The van der Waals surface area contributed by atoms with E-state index in [1.165, 1.54) is 0 Å². The van der Waals surface area contributed by atoms with Gasteiger partial charge in [0.15, 0.2) is 11.5 Å². The van der Waals surface area contributed by atoms with Gasteiger partial charge < -0.3 is 19.4 Å². The molecule has 1 atom stereocenters. The van der Waals surface area contributed by atoms with Crippen LogP contribution in [0.3, 0.4) is 0 Å². The number of benzene rings is 1. The van der Waals surface area contributed by atoms with Gasteiger partial charge in [-0.1, -0.05) is 43.9 Å². The van der Waals surface area contributed by atoms with E-state index in [9.17, 15) is 14.7 Å². The Balaban J connectivity index is 1.89. The molecule has 0 N–H and O–H groups in total. The summed E-state index contributed by atoms with van der Waals surface area (Å²) in [6.45, 7) is 3.59. The third kappa shape index (κ3) is 2.99. The van der Waals surface area contributed by atoms with Crippen LogP contribution < -0.4 is 14.6 Å². The summed E-state index contributed by atoms with van der Waals surface area (Å²) in [5.74, 6) is -0.802. The summed E-state index contributed by atoms with van der Waals surface area (Å²) < 4.78 is 10.8. The molecule has 1 aromatic carbocycles. The largest absolute Gasteiger partial charge is 0.548 e. The molecular weight excluding hydrogens is 350 g/mol. The number of carbonyl (C=O) groups is 2. The van der Waals surface area contributed by atoms with Gasteiger partial charge in [0.2, 0.25) is 6.79 Å². The van der Waals surface area contributed by atoms with Gasteiger partial charge in [0.1, 0.15) is 4.32 Å². The SMILES string of the molecule is CC(C)[C@@H](C(=O)[O-])N1C(=O)/C(=C/c2ccc3c(c2)OCO3)SC1=S. The van der Waals surface area contributed by atoms with Crippen molar-refractivity contribution in [2.24, 2.45) is 5.92 Å². The molecule has 8 heteroatoms. The molecule has 1 saturated heterocycles. The molecule has 1 aromatic rings. The van der Waals surface area contributed by atoms with Crippen LogP contribution in [0, 0.1) is 5.92 Å². The van der Waals surface area contributed by atoms with Crippen LogP contribution in [-0.4, -0.2) is 33.9 Å². The zero-order valence-electron chi connectivity index (χ0n) is 13.0. The first-order chi connectivity index (χ1) is 11.4. The molecular formula is C16H14NO5S2-. The number of hydrogen-bond donors (Lipinski definition) is 0. The quantitative estimate of drug-likeness (QED) is 0.590. The molecule has 126 valence electrons. The molecule has 1 fully saturated rings. The van der Waals surface area contributed by atoms with E-state index in [0.717, 1.165) is 22.2 Å². The minimum atomic E-state index is -1.31. The van der Waals surface area contributed by atoms with Gasteiger partial charge in [-0.15, -0.1) is 0 Å². The van der Waals surface area contributed by atoms with E-state index < -0.39 is 17.9 Å². The summed E-state index contributed by atoms with van der Waals surface area (Å²) in [6, 6.07) is 4.22. The zero-order valence-corrected chi connectivity index (χ0v) is 14.6. The second kappa shape index (κ2) is 6.45. The number of rotatable bonds is 4. The van der Waals surface area contributed by atoms with Crippen molar-refractivity contribution in [3.05, 3.63) is 28.7 Å². The normalized spacial score (nSPS) is 19.5. The topological polar surface area (TPSA) is 78.9 Å². The summed E-state index contributed by atoms with van der Waals surface area (Å²) in [5, 5.41) is 11.4. The van der Waals surface area contributed by atoms with Gasteiger partial charge in [-0.05, 0) is 29.7 Å². The summed E-state index contributed by atoms with van der Waals surface area (Å²) in [4.78, 5) is 25.5. The lowest BCUT2D eigenvalue weighted by Gasteiger charge is -2.30.